The third-order valence-corrected chi connectivity index (χ3v) is 5.69. The van der Waals surface area contributed by atoms with Crippen LogP contribution in [-0.2, 0) is 11.3 Å². The molecule has 0 unspecified atom stereocenters. The van der Waals surface area contributed by atoms with Gasteiger partial charge in [-0.3, -0.25) is 19.1 Å². The number of nitrogens with zero attached hydrogens (tertiary/aromatic N) is 3. The Kier molecular flexibility index (Phi) is 6.08. The number of amides is 1. The smallest absolute Gasteiger partial charge is 0.331 e. The predicted molar refractivity (Wildman–Crippen MR) is 125 cm³/mol. The van der Waals surface area contributed by atoms with E-state index in [-0.39, 0.29) is 18.0 Å². The van der Waals surface area contributed by atoms with Gasteiger partial charge >= 0.3 is 5.69 Å². The molecule has 0 saturated carbocycles. The van der Waals surface area contributed by atoms with Crippen molar-refractivity contribution < 1.29 is 9.90 Å². The van der Waals surface area contributed by atoms with Gasteiger partial charge in [0.1, 0.15) is 5.56 Å². The van der Waals surface area contributed by atoms with E-state index in [0.29, 0.717) is 18.7 Å². The van der Waals surface area contributed by atoms with Crippen molar-refractivity contribution in [3.8, 4) is 5.88 Å². The molecule has 1 amide bonds. The Morgan fingerprint density at radius 2 is 1.82 bits per heavy atom. The van der Waals surface area contributed by atoms with Gasteiger partial charge in [-0.1, -0.05) is 48.5 Å². The first-order valence-electron chi connectivity index (χ1n) is 10.6. The van der Waals surface area contributed by atoms with Crippen molar-refractivity contribution in [3.63, 3.8) is 0 Å². The van der Waals surface area contributed by atoms with Gasteiger partial charge in [-0.05, 0) is 29.7 Å². The van der Waals surface area contributed by atoms with E-state index in [1.165, 1.54) is 13.0 Å². The first kappa shape index (κ1) is 22.0. The highest BCUT2D eigenvalue weighted by Gasteiger charge is 2.18. The Morgan fingerprint density at radius 3 is 2.55 bits per heavy atom. The number of fused-ring (bicyclic) bond motifs is 1. The summed E-state index contributed by atoms with van der Waals surface area (Å²) in [5.41, 5.74) is 0.743. The molecule has 1 aliphatic heterocycles. The molecule has 168 valence electrons. The molecule has 2 heterocycles. The fourth-order valence-electron chi connectivity index (χ4n) is 3.74. The van der Waals surface area contributed by atoms with E-state index >= 15 is 0 Å². The highest BCUT2D eigenvalue weighted by Crippen LogP contribution is 2.23. The zero-order valence-electron chi connectivity index (χ0n) is 18.4. The molecule has 8 nitrogen and oxygen atoms in total. The monoisotopic (exact) mass is 444 g/mol. The number of H-pyrrole nitrogens is 1. The quantitative estimate of drug-likeness (QED) is 0.591. The van der Waals surface area contributed by atoms with Gasteiger partial charge in [0.25, 0.3) is 5.56 Å². The van der Waals surface area contributed by atoms with Gasteiger partial charge in [-0.15, -0.1) is 0 Å². The Bertz CT molecular complexity index is 1480. The van der Waals surface area contributed by atoms with Crippen molar-refractivity contribution in [1.29, 1.82) is 0 Å². The van der Waals surface area contributed by atoms with E-state index in [0.717, 1.165) is 26.3 Å². The zero-order chi connectivity index (χ0) is 23.5. The lowest BCUT2D eigenvalue weighted by atomic mass is 10.1. The van der Waals surface area contributed by atoms with Crippen molar-refractivity contribution in [2.45, 2.75) is 19.9 Å². The van der Waals surface area contributed by atoms with Crippen LogP contribution in [0.25, 0.3) is 11.6 Å². The van der Waals surface area contributed by atoms with Gasteiger partial charge in [-0.25, -0.2) is 9.79 Å². The summed E-state index contributed by atoms with van der Waals surface area (Å²) < 4.78 is 1.12. The van der Waals surface area contributed by atoms with Crippen LogP contribution in [-0.4, -0.2) is 39.1 Å². The van der Waals surface area contributed by atoms with Gasteiger partial charge in [0, 0.05) is 25.7 Å². The van der Waals surface area contributed by atoms with Gasteiger partial charge < -0.3 is 10.0 Å². The maximum Gasteiger partial charge on any atom is 0.331 e. The Labute approximate surface area is 189 Å². The molecule has 2 N–H and O–H groups in total. The summed E-state index contributed by atoms with van der Waals surface area (Å²) in [6, 6.07) is 16.7. The van der Waals surface area contributed by atoms with Crippen molar-refractivity contribution in [2.24, 2.45) is 4.99 Å². The summed E-state index contributed by atoms with van der Waals surface area (Å²) in [6.45, 7) is 2.08. The number of aromatic hydroxyl groups is 1. The molecule has 0 spiro atoms. The minimum atomic E-state index is -0.694. The second kappa shape index (κ2) is 9.12. The highest BCUT2D eigenvalue weighted by atomic mass is 16.3. The molecular formula is C25H24N4O4. The Hall–Kier alpha value is -4.20. The lowest BCUT2D eigenvalue weighted by molar-refractivity contribution is -0.127. The van der Waals surface area contributed by atoms with E-state index in [4.69, 9.17) is 0 Å². The number of allylic oxidation sites excluding steroid dienone is 1. The minimum absolute atomic E-state index is 0.0468. The Balaban J connectivity index is 1.80. The number of aromatic nitrogens is 2. The topological polar surface area (TPSA) is 108 Å². The number of rotatable bonds is 6. The molecule has 33 heavy (non-hydrogen) atoms. The maximum atomic E-state index is 12.6. The van der Waals surface area contributed by atoms with Gasteiger partial charge in [0.15, 0.2) is 0 Å². The lowest BCUT2D eigenvalue weighted by Gasteiger charge is -2.15. The number of para-hydroxylation sites is 1. The fourth-order valence-corrected chi connectivity index (χ4v) is 3.74. The number of carbonyl (C=O) groups is 1. The number of benzene rings is 2. The van der Waals surface area contributed by atoms with E-state index < -0.39 is 17.1 Å². The predicted octanol–water partition coefficient (Wildman–Crippen LogP) is 0.984. The number of carbonyl (C=O) groups excluding carboxylic acids is 1. The Morgan fingerprint density at radius 1 is 1.12 bits per heavy atom. The average molecular weight is 444 g/mol. The molecule has 0 atom stereocenters. The van der Waals surface area contributed by atoms with Crippen molar-refractivity contribution >= 4 is 17.6 Å². The van der Waals surface area contributed by atoms with Crippen LogP contribution in [0.2, 0.25) is 0 Å². The van der Waals surface area contributed by atoms with E-state index in [9.17, 15) is 19.5 Å². The molecule has 1 aliphatic rings. The van der Waals surface area contributed by atoms with Crippen molar-refractivity contribution in [1.82, 2.24) is 14.5 Å². The lowest BCUT2D eigenvalue weighted by Crippen LogP contribution is -2.31. The molecule has 8 heteroatoms. The molecule has 0 aliphatic carbocycles. The number of hydrogen-bond donors (Lipinski definition) is 2. The normalized spacial score (nSPS) is 13.6. The highest BCUT2D eigenvalue weighted by molar-refractivity contribution is 5.77. The van der Waals surface area contributed by atoms with Crippen LogP contribution >= 0.6 is 0 Å². The number of aromatic amines is 1. The van der Waals surface area contributed by atoms with Crippen LogP contribution in [0.3, 0.4) is 0 Å². The summed E-state index contributed by atoms with van der Waals surface area (Å²) in [4.78, 5) is 45.2. The van der Waals surface area contributed by atoms with E-state index in [2.05, 4.69) is 9.98 Å². The van der Waals surface area contributed by atoms with Gasteiger partial charge in [0.2, 0.25) is 11.8 Å². The molecule has 0 saturated heterocycles. The molecule has 1 aromatic heterocycles. The fraction of sp³-hybridized carbons (Fsp3) is 0.200. The van der Waals surface area contributed by atoms with Crippen LogP contribution in [0.15, 0.2) is 74.9 Å². The standard InChI is InChI=1S/C25H24N4O4/c1-16(30)28(2)13-12-19-18-10-6-7-11-21(18)26-22(19)14-20-23(31)27-25(33)29(24(20)32)15-17-8-4-3-5-9-17/h3-11,14,32H,12-13,15H2,1-2H3,(H,27,31,33)/b22-14-. The summed E-state index contributed by atoms with van der Waals surface area (Å²) >= 11 is 0. The maximum absolute atomic E-state index is 12.6. The third-order valence-electron chi connectivity index (χ3n) is 5.69. The summed E-state index contributed by atoms with van der Waals surface area (Å²) in [7, 11) is 1.72. The first-order valence-corrected chi connectivity index (χ1v) is 10.6. The molecule has 0 bridgehead atoms. The molecular weight excluding hydrogens is 420 g/mol. The second-order valence-electron chi connectivity index (χ2n) is 7.90. The van der Waals surface area contributed by atoms with Crippen LogP contribution in [0.5, 0.6) is 5.88 Å². The summed E-state index contributed by atoms with van der Waals surface area (Å²) in [5, 5.41) is 12.5. The average Bonchev–Trinajstić information content (AvgIpc) is 3.15. The molecule has 4 rings (SSSR count). The van der Waals surface area contributed by atoms with Crippen molar-refractivity contribution in [3.05, 3.63) is 103 Å². The van der Waals surface area contributed by atoms with Crippen LogP contribution in [0, 0.1) is 0 Å². The number of nitrogens with one attached hydrogen (secondary N) is 1. The van der Waals surface area contributed by atoms with E-state index in [1.807, 2.05) is 54.6 Å². The largest absolute Gasteiger partial charge is 0.494 e. The molecule has 3 aromatic rings. The van der Waals surface area contributed by atoms with E-state index in [1.54, 1.807) is 11.9 Å². The van der Waals surface area contributed by atoms with Crippen LogP contribution in [0.1, 0.15) is 24.5 Å². The van der Waals surface area contributed by atoms with Crippen LogP contribution in [0.4, 0.5) is 0 Å². The molecule has 2 aromatic carbocycles. The van der Waals surface area contributed by atoms with Gasteiger partial charge in [-0.2, -0.15) is 0 Å². The first-order chi connectivity index (χ1) is 15.8. The summed E-state index contributed by atoms with van der Waals surface area (Å²) in [5.74, 6) is -0.474. The third kappa shape index (κ3) is 4.55. The minimum Gasteiger partial charge on any atom is -0.494 e. The molecule has 0 radical (unpaired) electrons. The second-order valence-corrected chi connectivity index (χ2v) is 7.90. The summed E-state index contributed by atoms with van der Waals surface area (Å²) in [6.07, 6.45) is 2.02. The van der Waals surface area contributed by atoms with Crippen molar-refractivity contribution in [2.75, 3.05) is 13.6 Å². The van der Waals surface area contributed by atoms with Gasteiger partial charge in [0.05, 0.1) is 17.6 Å². The SMILES string of the molecule is CC(=O)N(C)CCC1=c2ccccc2=N/C1=C\c1c(O)n(Cc2ccccc2)c(=O)[nH]c1=O. The van der Waals surface area contributed by atoms with Crippen LogP contribution < -0.4 is 21.8 Å². The zero-order valence-corrected chi connectivity index (χ0v) is 18.4. The number of hydrogen-bond acceptors (Lipinski definition) is 5. The molecule has 0 fully saturated rings.